The van der Waals surface area contributed by atoms with E-state index in [0.29, 0.717) is 29.4 Å². The Morgan fingerprint density at radius 1 is 1.00 bits per heavy atom. The van der Waals surface area contributed by atoms with Gasteiger partial charge in [-0.05, 0) is 67.9 Å². The predicted molar refractivity (Wildman–Crippen MR) is 115 cm³/mol. The number of nitrogens with zero attached hydrogens (tertiary/aromatic N) is 1. The van der Waals surface area contributed by atoms with Gasteiger partial charge in [0.15, 0.2) is 6.61 Å². The lowest BCUT2D eigenvalue weighted by Gasteiger charge is -2.11. The molecular formula is C22H25N3O6. The van der Waals surface area contributed by atoms with Crippen molar-refractivity contribution in [2.24, 2.45) is 11.0 Å². The first-order valence-electron chi connectivity index (χ1n) is 9.59. The van der Waals surface area contributed by atoms with Crippen LogP contribution in [-0.2, 0) is 19.1 Å². The molecule has 2 N–H and O–H groups in total. The van der Waals surface area contributed by atoms with Crippen LogP contribution in [0.4, 0.5) is 5.69 Å². The number of hydrazone groups is 1. The average molecular weight is 427 g/mol. The summed E-state index contributed by atoms with van der Waals surface area (Å²) in [7, 11) is 1.55. The monoisotopic (exact) mass is 427 g/mol. The number of benzene rings is 2. The molecule has 0 aliphatic rings. The topological polar surface area (TPSA) is 115 Å². The van der Waals surface area contributed by atoms with E-state index in [2.05, 4.69) is 15.8 Å². The molecule has 31 heavy (non-hydrogen) atoms. The van der Waals surface area contributed by atoms with Crippen LogP contribution in [0.1, 0.15) is 19.4 Å². The number of methoxy groups -OCH3 is 1. The third-order valence-corrected chi connectivity index (χ3v) is 4.07. The molecule has 9 heteroatoms. The van der Waals surface area contributed by atoms with E-state index in [9.17, 15) is 14.4 Å². The lowest BCUT2D eigenvalue weighted by molar-refractivity contribution is -0.145. The van der Waals surface area contributed by atoms with Crippen molar-refractivity contribution in [3.63, 3.8) is 0 Å². The Morgan fingerprint density at radius 2 is 1.65 bits per heavy atom. The SMILES string of the molecule is CCOC(=O)COc1ccc(C=NNC(=O)C(C)C(=O)Nc2ccc(OC)cc2)cc1. The van der Waals surface area contributed by atoms with E-state index >= 15 is 0 Å². The molecule has 0 saturated carbocycles. The van der Waals surface area contributed by atoms with Crippen molar-refractivity contribution in [1.29, 1.82) is 0 Å². The summed E-state index contributed by atoms with van der Waals surface area (Å²) in [6.45, 7) is 3.33. The Labute approximate surface area is 180 Å². The van der Waals surface area contributed by atoms with Crippen molar-refractivity contribution < 1.29 is 28.6 Å². The van der Waals surface area contributed by atoms with Gasteiger partial charge in [0, 0.05) is 5.69 Å². The molecule has 0 heterocycles. The molecule has 164 valence electrons. The van der Waals surface area contributed by atoms with Crippen molar-refractivity contribution in [2.75, 3.05) is 25.6 Å². The summed E-state index contributed by atoms with van der Waals surface area (Å²) >= 11 is 0. The lowest BCUT2D eigenvalue weighted by atomic mass is 10.1. The summed E-state index contributed by atoms with van der Waals surface area (Å²) in [6, 6.07) is 13.5. The maximum Gasteiger partial charge on any atom is 0.344 e. The highest BCUT2D eigenvalue weighted by Gasteiger charge is 2.21. The third-order valence-electron chi connectivity index (χ3n) is 4.07. The number of rotatable bonds is 10. The van der Waals surface area contributed by atoms with Crippen LogP contribution in [0, 0.1) is 5.92 Å². The van der Waals surface area contributed by atoms with Gasteiger partial charge in [0.05, 0.1) is 19.9 Å². The molecule has 1 unspecified atom stereocenters. The van der Waals surface area contributed by atoms with Crippen molar-refractivity contribution in [3.8, 4) is 11.5 Å². The van der Waals surface area contributed by atoms with Crippen LogP contribution in [0.25, 0.3) is 0 Å². The zero-order valence-electron chi connectivity index (χ0n) is 17.6. The second-order valence-electron chi connectivity index (χ2n) is 6.34. The van der Waals surface area contributed by atoms with Crippen molar-refractivity contribution in [3.05, 3.63) is 54.1 Å². The first kappa shape index (κ1) is 23.4. The van der Waals surface area contributed by atoms with Gasteiger partial charge >= 0.3 is 5.97 Å². The van der Waals surface area contributed by atoms with Gasteiger partial charge in [0.1, 0.15) is 17.4 Å². The van der Waals surface area contributed by atoms with Crippen molar-refractivity contribution in [1.82, 2.24) is 5.43 Å². The normalized spacial score (nSPS) is 11.5. The predicted octanol–water partition coefficient (Wildman–Crippen LogP) is 2.36. The van der Waals surface area contributed by atoms with Gasteiger partial charge in [0.2, 0.25) is 5.91 Å². The highest BCUT2D eigenvalue weighted by Crippen LogP contribution is 2.16. The molecule has 2 rings (SSSR count). The smallest absolute Gasteiger partial charge is 0.344 e. The third kappa shape index (κ3) is 7.81. The van der Waals surface area contributed by atoms with Crippen LogP contribution < -0.4 is 20.2 Å². The number of hydrogen-bond donors (Lipinski definition) is 2. The van der Waals surface area contributed by atoms with Gasteiger partial charge in [0.25, 0.3) is 5.91 Å². The maximum atomic E-state index is 12.2. The molecule has 0 bridgehead atoms. The van der Waals surface area contributed by atoms with Gasteiger partial charge in [-0.25, -0.2) is 10.2 Å². The van der Waals surface area contributed by atoms with Crippen molar-refractivity contribution in [2.45, 2.75) is 13.8 Å². The van der Waals surface area contributed by atoms with Crippen LogP contribution in [0.3, 0.4) is 0 Å². The summed E-state index contributed by atoms with van der Waals surface area (Å²) < 4.78 is 15.1. The Hall–Kier alpha value is -3.88. The van der Waals surface area contributed by atoms with Crippen LogP contribution in [0.5, 0.6) is 11.5 Å². The molecule has 2 amide bonds. The number of carbonyl (C=O) groups excluding carboxylic acids is 3. The molecule has 1 atom stereocenters. The summed E-state index contributed by atoms with van der Waals surface area (Å²) in [4.78, 5) is 35.7. The van der Waals surface area contributed by atoms with E-state index in [1.54, 1.807) is 62.6 Å². The molecule has 0 radical (unpaired) electrons. The Bertz CT molecular complexity index is 910. The number of anilines is 1. The van der Waals surface area contributed by atoms with Gasteiger partial charge in [-0.3, -0.25) is 9.59 Å². The highest BCUT2D eigenvalue weighted by atomic mass is 16.6. The van der Waals surface area contributed by atoms with Crippen LogP contribution >= 0.6 is 0 Å². The molecule has 2 aromatic rings. The highest BCUT2D eigenvalue weighted by molar-refractivity contribution is 6.06. The Balaban J connectivity index is 1.80. The van der Waals surface area contributed by atoms with Gasteiger partial charge in [-0.2, -0.15) is 5.10 Å². The minimum absolute atomic E-state index is 0.173. The molecule has 0 spiro atoms. The molecule has 2 aromatic carbocycles. The second kappa shape index (κ2) is 12.0. The number of ether oxygens (including phenoxy) is 3. The summed E-state index contributed by atoms with van der Waals surface area (Å²) in [5.41, 5.74) is 3.59. The zero-order valence-corrected chi connectivity index (χ0v) is 17.6. The fourth-order valence-electron chi connectivity index (χ4n) is 2.31. The van der Waals surface area contributed by atoms with Crippen molar-refractivity contribution >= 4 is 29.7 Å². The van der Waals surface area contributed by atoms with E-state index < -0.39 is 23.7 Å². The van der Waals surface area contributed by atoms with Crippen LogP contribution in [-0.4, -0.2) is 44.3 Å². The minimum Gasteiger partial charge on any atom is -0.497 e. The van der Waals surface area contributed by atoms with Crippen LogP contribution in [0.15, 0.2) is 53.6 Å². The number of esters is 1. The minimum atomic E-state index is -0.946. The maximum absolute atomic E-state index is 12.2. The zero-order chi connectivity index (χ0) is 22.6. The Morgan fingerprint density at radius 3 is 2.26 bits per heavy atom. The lowest BCUT2D eigenvalue weighted by Crippen LogP contribution is -2.34. The summed E-state index contributed by atoms with van der Waals surface area (Å²) in [6.07, 6.45) is 1.43. The standard InChI is InChI=1S/C22H25N3O6/c1-4-30-20(26)14-31-19-9-5-16(6-10-19)13-23-25-22(28)15(2)21(27)24-17-7-11-18(29-3)12-8-17/h5-13,15H,4,14H2,1-3H3,(H,24,27)(H,25,28). The quantitative estimate of drug-likeness (QED) is 0.260. The Kier molecular flexibility index (Phi) is 9.03. The largest absolute Gasteiger partial charge is 0.497 e. The van der Waals surface area contributed by atoms with E-state index in [-0.39, 0.29) is 6.61 Å². The number of amides is 2. The molecule has 9 nitrogen and oxygen atoms in total. The van der Waals surface area contributed by atoms with Crippen LogP contribution in [0.2, 0.25) is 0 Å². The molecule has 0 saturated heterocycles. The number of hydrogen-bond acceptors (Lipinski definition) is 7. The number of carbonyl (C=O) groups is 3. The summed E-state index contributed by atoms with van der Waals surface area (Å²) in [5.74, 6) is -1.23. The fraction of sp³-hybridized carbons (Fsp3) is 0.273. The first-order valence-corrected chi connectivity index (χ1v) is 9.59. The molecule has 0 aromatic heterocycles. The first-order chi connectivity index (χ1) is 14.9. The molecule has 0 fully saturated rings. The molecule has 0 aliphatic carbocycles. The molecular weight excluding hydrogens is 402 g/mol. The van der Waals surface area contributed by atoms with Gasteiger partial charge < -0.3 is 19.5 Å². The van der Waals surface area contributed by atoms with Gasteiger partial charge in [-0.1, -0.05) is 0 Å². The fourth-order valence-corrected chi connectivity index (χ4v) is 2.31. The van der Waals surface area contributed by atoms with E-state index in [4.69, 9.17) is 14.2 Å². The van der Waals surface area contributed by atoms with E-state index in [0.717, 1.165) is 0 Å². The molecule has 0 aliphatic heterocycles. The van der Waals surface area contributed by atoms with E-state index in [1.165, 1.54) is 13.1 Å². The second-order valence-corrected chi connectivity index (χ2v) is 6.34. The average Bonchev–Trinajstić information content (AvgIpc) is 2.78. The number of nitrogens with one attached hydrogen (secondary N) is 2. The van der Waals surface area contributed by atoms with E-state index in [1.807, 2.05) is 0 Å². The summed E-state index contributed by atoms with van der Waals surface area (Å²) in [5, 5.41) is 6.53. The van der Waals surface area contributed by atoms with Gasteiger partial charge in [-0.15, -0.1) is 0 Å².